The first-order valence-electron chi connectivity index (χ1n) is 5.62. The quantitative estimate of drug-likeness (QED) is 0.525. The summed E-state index contributed by atoms with van der Waals surface area (Å²) in [5, 5.41) is 0. The molecule has 1 aromatic rings. The SMILES string of the molecule is C=CCN([B]OC)C(C)(C=C)c1ccccc1. The highest BCUT2D eigenvalue weighted by molar-refractivity contribution is 6.23. The largest absolute Gasteiger partial charge is 0.427 e. The summed E-state index contributed by atoms with van der Waals surface area (Å²) in [6.07, 6.45) is 3.77. The van der Waals surface area contributed by atoms with E-state index in [0.29, 0.717) is 6.54 Å². The van der Waals surface area contributed by atoms with Crippen LogP contribution in [0.4, 0.5) is 0 Å². The van der Waals surface area contributed by atoms with Gasteiger partial charge in [-0.2, -0.15) is 0 Å². The first kappa shape index (κ1) is 13.7. The molecule has 0 aliphatic heterocycles. The standard InChI is InChI=1S/C14H19BNO/c1-5-12-16(15-17-4)14(3,6-2)13-10-8-7-9-11-13/h5-11H,1-2,12H2,3-4H3. The van der Waals surface area contributed by atoms with Crippen molar-refractivity contribution >= 4 is 7.62 Å². The van der Waals surface area contributed by atoms with E-state index in [4.69, 9.17) is 4.65 Å². The Balaban J connectivity index is 3.07. The third-order valence-corrected chi connectivity index (χ3v) is 2.91. The molecule has 3 heteroatoms. The van der Waals surface area contributed by atoms with Gasteiger partial charge in [0.05, 0.1) is 5.54 Å². The highest BCUT2D eigenvalue weighted by atomic mass is 16.4. The summed E-state index contributed by atoms with van der Waals surface area (Å²) in [6.45, 7) is 10.5. The third-order valence-electron chi connectivity index (χ3n) is 2.91. The van der Waals surface area contributed by atoms with Crippen molar-refractivity contribution < 1.29 is 4.65 Å². The topological polar surface area (TPSA) is 12.5 Å². The number of nitrogens with zero attached hydrogens (tertiary/aromatic N) is 1. The molecule has 0 fully saturated rings. The number of benzene rings is 1. The minimum atomic E-state index is -0.300. The Morgan fingerprint density at radius 3 is 2.47 bits per heavy atom. The average molecular weight is 228 g/mol. The van der Waals surface area contributed by atoms with Crippen LogP contribution in [-0.2, 0) is 10.2 Å². The smallest absolute Gasteiger partial charge is 0.399 e. The van der Waals surface area contributed by atoms with Crippen molar-refractivity contribution in [2.24, 2.45) is 0 Å². The monoisotopic (exact) mass is 228 g/mol. The predicted molar refractivity (Wildman–Crippen MR) is 73.7 cm³/mol. The molecular formula is C14H19BNO. The predicted octanol–water partition coefficient (Wildman–Crippen LogP) is 2.76. The maximum atomic E-state index is 5.13. The summed E-state index contributed by atoms with van der Waals surface area (Å²) in [7, 11) is 3.35. The van der Waals surface area contributed by atoms with E-state index in [1.165, 1.54) is 5.56 Å². The van der Waals surface area contributed by atoms with E-state index in [9.17, 15) is 0 Å². The van der Waals surface area contributed by atoms with Gasteiger partial charge in [-0.1, -0.05) is 42.5 Å². The van der Waals surface area contributed by atoms with Gasteiger partial charge in [0.25, 0.3) is 0 Å². The Labute approximate surface area is 105 Å². The highest BCUT2D eigenvalue weighted by Crippen LogP contribution is 2.28. The average Bonchev–Trinajstić information content (AvgIpc) is 2.38. The van der Waals surface area contributed by atoms with Crippen molar-refractivity contribution in [1.82, 2.24) is 4.81 Å². The summed E-state index contributed by atoms with van der Waals surface area (Å²) >= 11 is 0. The van der Waals surface area contributed by atoms with Crippen molar-refractivity contribution in [2.75, 3.05) is 13.7 Å². The minimum absolute atomic E-state index is 0.300. The molecule has 0 N–H and O–H groups in total. The van der Waals surface area contributed by atoms with Crippen LogP contribution in [0.5, 0.6) is 0 Å². The fourth-order valence-corrected chi connectivity index (χ4v) is 1.78. The normalized spacial score (nSPS) is 14.1. The maximum Gasteiger partial charge on any atom is 0.399 e. The first-order chi connectivity index (χ1) is 8.19. The van der Waals surface area contributed by atoms with Gasteiger partial charge in [-0.05, 0) is 12.5 Å². The lowest BCUT2D eigenvalue weighted by Crippen LogP contribution is -2.45. The number of rotatable bonds is 7. The lowest BCUT2D eigenvalue weighted by Gasteiger charge is -2.38. The molecular weight excluding hydrogens is 209 g/mol. The molecule has 0 aliphatic rings. The zero-order chi connectivity index (χ0) is 12.7. The molecule has 0 saturated heterocycles. The van der Waals surface area contributed by atoms with Crippen LogP contribution in [0.2, 0.25) is 0 Å². The summed E-state index contributed by atoms with van der Waals surface area (Å²) in [5.74, 6) is 0. The molecule has 1 aromatic carbocycles. The van der Waals surface area contributed by atoms with Crippen LogP contribution >= 0.6 is 0 Å². The Kier molecular flexibility index (Phi) is 5.20. The molecule has 0 heterocycles. The van der Waals surface area contributed by atoms with Crippen molar-refractivity contribution in [3.63, 3.8) is 0 Å². The molecule has 1 radical (unpaired) electrons. The van der Waals surface area contributed by atoms with Gasteiger partial charge >= 0.3 is 7.62 Å². The summed E-state index contributed by atoms with van der Waals surface area (Å²) < 4.78 is 5.13. The highest BCUT2D eigenvalue weighted by Gasteiger charge is 2.30. The molecule has 0 bridgehead atoms. The van der Waals surface area contributed by atoms with Gasteiger partial charge in [0.2, 0.25) is 0 Å². The summed E-state index contributed by atoms with van der Waals surface area (Å²) in [6, 6.07) is 10.2. The molecule has 1 atom stereocenters. The van der Waals surface area contributed by atoms with E-state index >= 15 is 0 Å². The van der Waals surface area contributed by atoms with Crippen molar-refractivity contribution in [3.05, 3.63) is 61.2 Å². The molecule has 0 spiro atoms. The number of hydrogen-bond acceptors (Lipinski definition) is 2. The molecule has 89 valence electrons. The first-order valence-corrected chi connectivity index (χ1v) is 5.62. The van der Waals surface area contributed by atoms with Gasteiger partial charge in [-0.15, -0.1) is 13.2 Å². The third kappa shape index (κ3) is 3.08. The van der Waals surface area contributed by atoms with Crippen molar-refractivity contribution in [1.29, 1.82) is 0 Å². The summed E-state index contributed by atoms with van der Waals surface area (Å²) in [5.41, 5.74) is 0.871. The Morgan fingerprint density at radius 2 is 2.00 bits per heavy atom. The molecule has 17 heavy (non-hydrogen) atoms. The second-order valence-corrected chi connectivity index (χ2v) is 4.00. The van der Waals surface area contributed by atoms with Crippen molar-refractivity contribution in [3.8, 4) is 0 Å². The molecule has 1 unspecified atom stereocenters. The van der Waals surface area contributed by atoms with Gasteiger partial charge in [-0.25, -0.2) is 0 Å². The van der Waals surface area contributed by atoms with Crippen molar-refractivity contribution in [2.45, 2.75) is 12.5 Å². The second-order valence-electron chi connectivity index (χ2n) is 4.00. The van der Waals surface area contributed by atoms with Crippen LogP contribution in [0.15, 0.2) is 55.6 Å². The molecule has 0 amide bonds. The Hall–Kier alpha value is -1.32. The van der Waals surface area contributed by atoms with Crippen LogP contribution in [0.3, 0.4) is 0 Å². The van der Waals surface area contributed by atoms with Crippen LogP contribution < -0.4 is 0 Å². The molecule has 0 aromatic heterocycles. The fourth-order valence-electron chi connectivity index (χ4n) is 1.78. The van der Waals surface area contributed by atoms with Crippen LogP contribution in [0.25, 0.3) is 0 Å². The van der Waals surface area contributed by atoms with Crippen LogP contribution in [0, 0.1) is 0 Å². The zero-order valence-corrected chi connectivity index (χ0v) is 10.6. The van der Waals surface area contributed by atoms with E-state index in [1.54, 1.807) is 14.7 Å². The molecule has 0 aliphatic carbocycles. The Bertz CT molecular complexity index is 366. The summed E-state index contributed by atoms with van der Waals surface area (Å²) in [4.78, 5) is 2.06. The van der Waals surface area contributed by atoms with E-state index in [2.05, 4.69) is 37.0 Å². The van der Waals surface area contributed by atoms with Gasteiger partial charge in [0.1, 0.15) is 0 Å². The number of hydrogen-bond donors (Lipinski definition) is 0. The van der Waals surface area contributed by atoms with Gasteiger partial charge in [-0.3, -0.25) is 0 Å². The second kappa shape index (κ2) is 6.43. The minimum Gasteiger partial charge on any atom is -0.427 e. The molecule has 2 nitrogen and oxygen atoms in total. The lowest BCUT2D eigenvalue weighted by atomic mass is 9.86. The van der Waals surface area contributed by atoms with Crippen LogP contribution in [0.1, 0.15) is 12.5 Å². The van der Waals surface area contributed by atoms with Gasteiger partial charge < -0.3 is 9.47 Å². The van der Waals surface area contributed by atoms with E-state index in [-0.39, 0.29) is 5.54 Å². The zero-order valence-electron chi connectivity index (χ0n) is 10.6. The van der Waals surface area contributed by atoms with E-state index < -0.39 is 0 Å². The molecule has 0 saturated carbocycles. The Morgan fingerprint density at radius 1 is 1.35 bits per heavy atom. The van der Waals surface area contributed by atoms with Crippen LogP contribution in [-0.4, -0.2) is 26.1 Å². The van der Waals surface area contributed by atoms with E-state index in [1.807, 2.05) is 30.4 Å². The van der Waals surface area contributed by atoms with Gasteiger partial charge in [0, 0.05) is 13.7 Å². The lowest BCUT2D eigenvalue weighted by molar-refractivity contribution is 0.247. The maximum absolute atomic E-state index is 5.13. The van der Waals surface area contributed by atoms with Gasteiger partial charge in [0.15, 0.2) is 0 Å². The van der Waals surface area contributed by atoms with E-state index in [0.717, 1.165) is 0 Å². The fraction of sp³-hybridized carbons (Fsp3) is 0.286. The molecule has 1 rings (SSSR count).